The van der Waals surface area contributed by atoms with Crippen molar-refractivity contribution in [3.8, 4) is 11.5 Å². The van der Waals surface area contributed by atoms with Crippen molar-refractivity contribution < 1.29 is 19.1 Å². The average molecular weight is 436 g/mol. The van der Waals surface area contributed by atoms with Crippen LogP contribution in [0.4, 0.5) is 10.5 Å². The molecule has 2 aliphatic heterocycles. The van der Waals surface area contributed by atoms with Crippen LogP contribution in [-0.4, -0.2) is 50.2 Å². The van der Waals surface area contributed by atoms with Crippen LogP contribution in [0, 0.1) is 0 Å². The lowest BCUT2D eigenvalue weighted by Crippen LogP contribution is -2.54. The number of para-hydroxylation sites is 1. The Bertz CT molecular complexity index is 1050. The zero-order chi connectivity index (χ0) is 22.2. The quantitative estimate of drug-likeness (QED) is 0.778. The predicted molar refractivity (Wildman–Crippen MR) is 121 cm³/mol. The minimum absolute atomic E-state index is 0.0361. The second-order valence-electron chi connectivity index (χ2n) is 8.73. The summed E-state index contributed by atoms with van der Waals surface area (Å²) in [6.45, 7) is 0.620. The molecule has 1 fully saturated rings. The number of urea groups is 1. The molecule has 0 aromatic heterocycles. The van der Waals surface area contributed by atoms with E-state index >= 15 is 0 Å². The molecule has 2 heterocycles. The van der Waals surface area contributed by atoms with E-state index in [-0.39, 0.29) is 30.6 Å². The maximum Gasteiger partial charge on any atom is 0.325 e. The number of benzene rings is 2. The third-order valence-electron chi connectivity index (χ3n) is 6.89. The van der Waals surface area contributed by atoms with Crippen LogP contribution < -0.4 is 19.7 Å². The van der Waals surface area contributed by atoms with Crippen molar-refractivity contribution in [3.63, 3.8) is 0 Å². The number of rotatable bonds is 5. The Morgan fingerprint density at radius 3 is 2.53 bits per heavy atom. The van der Waals surface area contributed by atoms with Gasteiger partial charge in [-0.05, 0) is 48.6 Å². The third-order valence-corrected chi connectivity index (χ3v) is 6.89. The molecule has 0 radical (unpaired) electrons. The molecule has 2 aromatic carbocycles. The first-order valence-corrected chi connectivity index (χ1v) is 11.3. The molecule has 5 rings (SSSR count). The van der Waals surface area contributed by atoms with Crippen LogP contribution in [0.5, 0.6) is 11.5 Å². The fourth-order valence-corrected chi connectivity index (χ4v) is 5.35. The van der Waals surface area contributed by atoms with E-state index in [1.165, 1.54) is 0 Å². The summed E-state index contributed by atoms with van der Waals surface area (Å²) in [4.78, 5) is 29.9. The third kappa shape index (κ3) is 3.45. The van der Waals surface area contributed by atoms with E-state index in [0.29, 0.717) is 18.0 Å². The number of carbonyl (C=O) groups is 2. The standard InChI is InChI=1S/C25H29N3O4/c1-31-21-13-16-11-12-27-24(19(16)14-22(21)32-2)18-9-5-6-10-20(18)28(25(27)30)15-23(29)26-17-7-3-4-8-17/h5-6,9-10,13-14,17,24H,3-4,7-8,11-12,15H2,1-2H3,(H,26,29)/t24-/m0/s1. The summed E-state index contributed by atoms with van der Waals surface area (Å²) in [5.41, 5.74) is 4.01. The second-order valence-corrected chi connectivity index (χ2v) is 8.73. The maximum atomic E-state index is 13.6. The van der Waals surface area contributed by atoms with E-state index in [1.54, 1.807) is 19.1 Å². The zero-order valence-electron chi connectivity index (χ0n) is 18.6. The van der Waals surface area contributed by atoms with Crippen molar-refractivity contribution in [1.82, 2.24) is 10.2 Å². The molecule has 0 saturated heterocycles. The van der Waals surface area contributed by atoms with Gasteiger partial charge in [-0.25, -0.2) is 4.79 Å². The Morgan fingerprint density at radius 2 is 1.78 bits per heavy atom. The summed E-state index contributed by atoms with van der Waals surface area (Å²) in [5, 5.41) is 3.11. The summed E-state index contributed by atoms with van der Waals surface area (Å²) in [5.74, 6) is 1.25. The van der Waals surface area contributed by atoms with Crippen molar-refractivity contribution in [3.05, 3.63) is 53.1 Å². The van der Waals surface area contributed by atoms with Crippen LogP contribution >= 0.6 is 0 Å². The molecule has 7 heteroatoms. The molecule has 1 saturated carbocycles. The van der Waals surface area contributed by atoms with E-state index < -0.39 is 0 Å². The molecule has 0 unspecified atom stereocenters. The number of anilines is 1. The molecule has 0 spiro atoms. The summed E-state index contributed by atoms with van der Waals surface area (Å²) in [7, 11) is 3.25. The van der Waals surface area contributed by atoms with Crippen LogP contribution in [0.1, 0.15) is 48.4 Å². The van der Waals surface area contributed by atoms with Crippen molar-refractivity contribution in [2.24, 2.45) is 0 Å². The van der Waals surface area contributed by atoms with Gasteiger partial charge in [-0.3, -0.25) is 9.69 Å². The molecular weight excluding hydrogens is 406 g/mol. The lowest BCUT2D eigenvalue weighted by molar-refractivity contribution is -0.120. The van der Waals surface area contributed by atoms with E-state index in [2.05, 4.69) is 5.32 Å². The Hall–Kier alpha value is -3.22. The van der Waals surface area contributed by atoms with Gasteiger partial charge in [0, 0.05) is 18.2 Å². The number of carbonyl (C=O) groups excluding carboxylic acids is 2. The van der Waals surface area contributed by atoms with Gasteiger partial charge in [-0.2, -0.15) is 0 Å². The summed E-state index contributed by atoms with van der Waals surface area (Å²) in [6, 6.07) is 11.8. The Morgan fingerprint density at radius 1 is 1.06 bits per heavy atom. The molecule has 32 heavy (non-hydrogen) atoms. The highest BCUT2D eigenvalue weighted by atomic mass is 16.5. The molecule has 168 valence electrons. The van der Waals surface area contributed by atoms with Gasteiger partial charge in [-0.1, -0.05) is 31.0 Å². The van der Waals surface area contributed by atoms with Gasteiger partial charge in [0.15, 0.2) is 11.5 Å². The zero-order valence-corrected chi connectivity index (χ0v) is 18.6. The molecular formula is C25H29N3O4. The minimum Gasteiger partial charge on any atom is -0.493 e. The highest BCUT2D eigenvalue weighted by molar-refractivity contribution is 6.01. The number of methoxy groups -OCH3 is 2. The van der Waals surface area contributed by atoms with Gasteiger partial charge in [0.1, 0.15) is 6.54 Å². The first kappa shape index (κ1) is 20.7. The average Bonchev–Trinajstić information content (AvgIpc) is 3.33. The second kappa shape index (κ2) is 8.37. The highest BCUT2D eigenvalue weighted by Crippen LogP contribution is 2.46. The normalized spacial score (nSPS) is 19.8. The van der Waals surface area contributed by atoms with Crippen LogP contribution in [0.2, 0.25) is 0 Å². The van der Waals surface area contributed by atoms with Gasteiger partial charge in [0.05, 0.1) is 25.9 Å². The molecule has 3 amide bonds. The number of ether oxygens (including phenoxy) is 2. The van der Waals surface area contributed by atoms with Gasteiger partial charge < -0.3 is 19.7 Å². The molecule has 3 aliphatic rings. The van der Waals surface area contributed by atoms with Crippen molar-refractivity contribution in [2.75, 3.05) is 32.2 Å². The van der Waals surface area contributed by atoms with E-state index in [0.717, 1.165) is 54.5 Å². The number of hydrogen-bond acceptors (Lipinski definition) is 4. The number of nitrogens with zero attached hydrogens (tertiary/aromatic N) is 2. The number of fused-ring (bicyclic) bond motifs is 5. The molecule has 1 N–H and O–H groups in total. The topological polar surface area (TPSA) is 71.1 Å². The first-order valence-electron chi connectivity index (χ1n) is 11.3. The molecule has 7 nitrogen and oxygen atoms in total. The van der Waals surface area contributed by atoms with Gasteiger partial charge >= 0.3 is 6.03 Å². The van der Waals surface area contributed by atoms with E-state index in [4.69, 9.17) is 9.47 Å². The summed E-state index contributed by atoms with van der Waals surface area (Å²) < 4.78 is 11.0. The number of amides is 3. The minimum atomic E-state index is -0.212. The van der Waals surface area contributed by atoms with Crippen LogP contribution in [0.15, 0.2) is 36.4 Å². The first-order chi connectivity index (χ1) is 15.6. The lowest BCUT2D eigenvalue weighted by atomic mass is 9.85. The largest absolute Gasteiger partial charge is 0.493 e. The monoisotopic (exact) mass is 435 g/mol. The van der Waals surface area contributed by atoms with Crippen LogP contribution in [0.3, 0.4) is 0 Å². The fraction of sp³-hybridized carbons (Fsp3) is 0.440. The van der Waals surface area contributed by atoms with E-state index in [1.807, 2.05) is 41.3 Å². The predicted octanol–water partition coefficient (Wildman–Crippen LogP) is 3.65. The van der Waals surface area contributed by atoms with Crippen molar-refractivity contribution in [1.29, 1.82) is 0 Å². The summed E-state index contributed by atoms with van der Waals surface area (Å²) >= 11 is 0. The van der Waals surface area contributed by atoms with Gasteiger partial charge in [0.25, 0.3) is 0 Å². The SMILES string of the molecule is COc1cc2c(cc1OC)[C@@H]1c3ccccc3N(CC(=O)NC3CCCC3)C(=O)N1CC2. The number of hydrogen-bond donors (Lipinski definition) is 1. The van der Waals surface area contributed by atoms with Crippen LogP contribution in [-0.2, 0) is 11.2 Å². The highest BCUT2D eigenvalue weighted by Gasteiger charge is 2.42. The van der Waals surface area contributed by atoms with E-state index in [9.17, 15) is 9.59 Å². The van der Waals surface area contributed by atoms with Gasteiger partial charge in [0.2, 0.25) is 5.91 Å². The Labute approximate surface area is 188 Å². The molecule has 1 atom stereocenters. The smallest absolute Gasteiger partial charge is 0.325 e. The molecule has 0 bridgehead atoms. The van der Waals surface area contributed by atoms with Crippen LogP contribution in [0.25, 0.3) is 0 Å². The van der Waals surface area contributed by atoms with Crippen molar-refractivity contribution in [2.45, 2.75) is 44.2 Å². The summed E-state index contributed by atoms with van der Waals surface area (Å²) in [6.07, 6.45) is 5.07. The fourth-order valence-electron chi connectivity index (χ4n) is 5.35. The van der Waals surface area contributed by atoms with Gasteiger partial charge in [-0.15, -0.1) is 0 Å². The Balaban J connectivity index is 1.51. The number of nitrogens with one attached hydrogen (secondary N) is 1. The molecule has 2 aromatic rings. The Kier molecular flexibility index (Phi) is 5.41. The molecule has 1 aliphatic carbocycles. The lowest BCUT2D eigenvalue weighted by Gasteiger charge is -2.45. The van der Waals surface area contributed by atoms with Crippen molar-refractivity contribution >= 4 is 17.6 Å². The maximum absolute atomic E-state index is 13.6.